The standard InChI is InChI=1S/C7H7.2CH2O.Cr.NO/c1-2-7-5-3-4-6-7;2*1-2;;1-2/h2-5,7H,1H2;2*1H2;;/q-1;;;+2;-1. The van der Waals surface area contributed by atoms with Gasteiger partial charge < -0.3 is 20.1 Å². The van der Waals surface area contributed by atoms with Crippen LogP contribution < -0.4 is 0 Å². The zero-order valence-corrected chi connectivity index (χ0v) is 8.86. The minimum absolute atomic E-state index is 0. The van der Waals surface area contributed by atoms with Crippen LogP contribution in [0.1, 0.15) is 0 Å². The summed E-state index contributed by atoms with van der Waals surface area (Å²) >= 11 is 0. The van der Waals surface area contributed by atoms with E-state index in [2.05, 4.69) is 12.7 Å². The van der Waals surface area contributed by atoms with Crippen molar-refractivity contribution >= 4 is 13.6 Å². The summed E-state index contributed by atoms with van der Waals surface area (Å²) in [7, 11) is 0. The number of carbonyl (C=O) groups excluding carboxylic acids is 2. The summed E-state index contributed by atoms with van der Waals surface area (Å²) in [5, 5.41) is 0. The van der Waals surface area contributed by atoms with Crippen LogP contribution in [0.25, 0.3) is 5.59 Å². The van der Waals surface area contributed by atoms with Gasteiger partial charge in [0.25, 0.3) is 0 Å². The molecule has 1 unspecified atom stereocenters. The first kappa shape index (κ1) is 23.0. The maximum Gasteiger partial charge on any atom is 2.00 e. The van der Waals surface area contributed by atoms with Gasteiger partial charge in [-0.25, -0.2) is 12.2 Å². The molecule has 0 N–H and O–H groups in total. The molecule has 0 spiro atoms. The topological polar surface area (TPSA) is 73.5 Å². The number of allylic oxidation sites excluding steroid dienone is 5. The quantitative estimate of drug-likeness (QED) is 0.510. The van der Waals surface area contributed by atoms with E-state index in [-0.39, 0.29) is 17.4 Å². The Morgan fingerprint density at radius 2 is 1.64 bits per heavy atom. The van der Waals surface area contributed by atoms with E-state index < -0.39 is 0 Å². The molecule has 1 rings (SSSR count). The van der Waals surface area contributed by atoms with Crippen molar-refractivity contribution < 1.29 is 27.0 Å². The van der Waals surface area contributed by atoms with Crippen LogP contribution in [0.5, 0.6) is 0 Å². The number of carbonyl (C=O) groups is 2. The van der Waals surface area contributed by atoms with Gasteiger partial charge in [0, 0.05) is 0 Å². The smallest absolute Gasteiger partial charge is 0.577 e. The van der Waals surface area contributed by atoms with Crippen molar-refractivity contribution in [2.75, 3.05) is 0 Å². The molecule has 0 aromatic carbocycles. The summed E-state index contributed by atoms with van der Waals surface area (Å²) in [6, 6.07) is 0. The molecule has 0 radical (unpaired) electrons. The van der Waals surface area contributed by atoms with Crippen molar-refractivity contribution in [2.24, 2.45) is 5.92 Å². The van der Waals surface area contributed by atoms with Crippen molar-refractivity contribution in [1.82, 2.24) is 0 Å². The summed E-state index contributed by atoms with van der Waals surface area (Å²) in [5.41, 5.74) is 5.75. The molecule has 4 nitrogen and oxygen atoms in total. The fourth-order valence-corrected chi connectivity index (χ4v) is 0.544. The number of nitrogens with zero attached hydrogens (tertiary/aromatic N) is 1. The Kier molecular flexibility index (Phi) is 49.0. The normalized spacial score (nSPS) is 13.9. The van der Waals surface area contributed by atoms with Crippen LogP contribution in [0, 0.1) is 16.9 Å². The third kappa shape index (κ3) is 17.0. The number of nitroso groups, excluding NO2 is 1. The van der Waals surface area contributed by atoms with E-state index in [1.165, 1.54) is 0 Å². The van der Waals surface area contributed by atoms with E-state index in [4.69, 9.17) is 20.1 Å². The Hall–Kier alpha value is -1.31. The van der Waals surface area contributed by atoms with Gasteiger partial charge >= 0.3 is 17.4 Å². The average molecular weight is 233 g/mol. The Labute approximate surface area is 94.3 Å². The van der Waals surface area contributed by atoms with Gasteiger partial charge in [0.15, 0.2) is 0 Å². The van der Waals surface area contributed by atoms with Crippen LogP contribution in [0.4, 0.5) is 0 Å². The van der Waals surface area contributed by atoms with E-state index in [0.29, 0.717) is 5.92 Å². The Bertz CT molecular complexity index is 155. The molecule has 5 heteroatoms. The van der Waals surface area contributed by atoms with E-state index >= 15 is 0 Å². The van der Waals surface area contributed by atoms with Gasteiger partial charge in [0.2, 0.25) is 0 Å². The van der Waals surface area contributed by atoms with Gasteiger partial charge in [-0.2, -0.15) is 6.08 Å². The zero-order chi connectivity index (χ0) is 11.1. The SMILES string of the molecule is C=CC1[C-]=CC=C1.C=O.C=O.[Cr+2].[N-]=O. The summed E-state index contributed by atoms with van der Waals surface area (Å²) in [6.07, 6.45) is 10.8. The van der Waals surface area contributed by atoms with E-state index in [9.17, 15) is 0 Å². The Morgan fingerprint density at radius 3 is 1.79 bits per heavy atom. The second-order valence-corrected chi connectivity index (χ2v) is 1.48. The predicted octanol–water partition coefficient (Wildman–Crippen LogP) is 1.67. The molecule has 0 amide bonds. The molecule has 0 bridgehead atoms. The molecule has 1 atom stereocenters. The van der Waals surface area contributed by atoms with Gasteiger partial charge in [-0.05, 0) is 0 Å². The first-order valence-electron chi connectivity index (χ1n) is 3.08. The van der Waals surface area contributed by atoms with Crippen LogP contribution in [-0.2, 0) is 27.0 Å². The molecule has 1 aliphatic rings. The van der Waals surface area contributed by atoms with Crippen molar-refractivity contribution in [3.05, 3.63) is 47.5 Å². The molecule has 0 aromatic rings. The summed E-state index contributed by atoms with van der Waals surface area (Å²) < 4.78 is 0. The molecule has 14 heavy (non-hydrogen) atoms. The van der Waals surface area contributed by atoms with Gasteiger partial charge in [-0.15, -0.1) is 12.7 Å². The number of rotatable bonds is 1. The molecule has 0 saturated carbocycles. The summed E-state index contributed by atoms with van der Waals surface area (Å²) in [6.45, 7) is 7.61. The first-order chi connectivity index (χ1) is 6.43. The van der Waals surface area contributed by atoms with Gasteiger partial charge in [0.05, 0.1) is 0 Å². The maximum absolute atomic E-state index is 8.00. The largest absolute Gasteiger partial charge is 2.00 e. The van der Waals surface area contributed by atoms with Crippen LogP contribution in [0.3, 0.4) is 0 Å². The number of hydrogen-bond donors (Lipinski definition) is 0. The first-order valence-corrected chi connectivity index (χ1v) is 3.08. The van der Waals surface area contributed by atoms with Gasteiger partial charge in [-0.1, -0.05) is 5.92 Å². The Balaban J connectivity index is -0.0000000625. The molecule has 76 valence electrons. The third-order valence-electron chi connectivity index (χ3n) is 0.957. The fourth-order valence-electron chi connectivity index (χ4n) is 0.544. The van der Waals surface area contributed by atoms with E-state index in [1.807, 2.05) is 37.9 Å². The maximum atomic E-state index is 8.00. The summed E-state index contributed by atoms with van der Waals surface area (Å²) in [4.78, 5) is 23.2. The average Bonchev–Trinajstić information content (AvgIpc) is 2.79. The molecule has 1 aliphatic carbocycles. The van der Waals surface area contributed by atoms with Crippen LogP contribution in [-0.4, -0.2) is 13.6 Å². The second-order valence-electron chi connectivity index (χ2n) is 1.48. The van der Waals surface area contributed by atoms with Gasteiger partial charge in [0.1, 0.15) is 13.6 Å². The van der Waals surface area contributed by atoms with Crippen LogP contribution >= 0.6 is 0 Å². The van der Waals surface area contributed by atoms with Gasteiger partial charge in [-0.3, -0.25) is 6.08 Å². The van der Waals surface area contributed by atoms with Crippen molar-refractivity contribution in [2.45, 2.75) is 0 Å². The van der Waals surface area contributed by atoms with Crippen LogP contribution in [0.2, 0.25) is 0 Å². The fraction of sp³-hybridized carbons (Fsp3) is 0.111. The van der Waals surface area contributed by atoms with E-state index in [1.54, 1.807) is 0 Å². The molecule has 0 aromatic heterocycles. The minimum Gasteiger partial charge on any atom is -0.577 e. The molecular formula is C9H11CrNO3. The van der Waals surface area contributed by atoms with E-state index in [0.717, 1.165) is 0 Å². The molecule has 0 aliphatic heterocycles. The monoisotopic (exact) mass is 233 g/mol. The molecule has 0 heterocycles. The van der Waals surface area contributed by atoms with Crippen molar-refractivity contribution in [3.8, 4) is 0 Å². The molecule has 0 fully saturated rings. The van der Waals surface area contributed by atoms with Crippen molar-refractivity contribution in [3.63, 3.8) is 0 Å². The van der Waals surface area contributed by atoms with Crippen LogP contribution in [0.15, 0.2) is 30.9 Å². The third-order valence-corrected chi connectivity index (χ3v) is 0.957. The molecule has 0 saturated heterocycles. The summed E-state index contributed by atoms with van der Waals surface area (Å²) in [5.74, 6) is 0.375. The molecular weight excluding hydrogens is 222 g/mol. The zero-order valence-electron chi connectivity index (χ0n) is 7.59. The van der Waals surface area contributed by atoms with Crippen molar-refractivity contribution in [1.29, 1.82) is 0 Å². The minimum atomic E-state index is 0. The second kappa shape index (κ2) is 29.8. The Morgan fingerprint density at radius 1 is 1.21 bits per heavy atom. The number of hydrogen-bond acceptors (Lipinski definition) is 3. The predicted molar refractivity (Wildman–Crippen MR) is 51.6 cm³/mol.